The molecule has 2 atom stereocenters. The van der Waals surface area contributed by atoms with Crippen LogP contribution in [0, 0.1) is 11.3 Å². The number of hydrogen-bond acceptors (Lipinski definition) is 5. The molecule has 1 spiro atoms. The van der Waals surface area contributed by atoms with Gasteiger partial charge in [-0.1, -0.05) is 0 Å². The van der Waals surface area contributed by atoms with E-state index in [4.69, 9.17) is 4.98 Å². The number of aromatic nitrogens is 3. The summed E-state index contributed by atoms with van der Waals surface area (Å²) in [5.41, 5.74) is 0.763. The van der Waals surface area contributed by atoms with E-state index < -0.39 is 0 Å². The third-order valence-electron chi connectivity index (χ3n) is 6.75. The largest absolute Gasteiger partial charge is 0.342 e. The second-order valence-electron chi connectivity index (χ2n) is 9.09. The summed E-state index contributed by atoms with van der Waals surface area (Å²) in [6.45, 7) is 8.74. The maximum absolute atomic E-state index is 13.6. The number of thiazole rings is 1. The predicted molar refractivity (Wildman–Crippen MR) is 109 cm³/mol. The van der Waals surface area contributed by atoms with Gasteiger partial charge < -0.3 is 9.47 Å². The summed E-state index contributed by atoms with van der Waals surface area (Å²) in [5.74, 6) is 1.28. The lowest BCUT2D eigenvalue weighted by Crippen LogP contribution is -2.40. The second kappa shape index (κ2) is 6.95. The van der Waals surface area contributed by atoms with E-state index in [1.807, 2.05) is 17.9 Å². The Labute approximate surface area is 170 Å². The lowest BCUT2D eigenvalue weighted by atomic mass is 9.75. The topological polar surface area (TPSA) is 54.3 Å². The van der Waals surface area contributed by atoms with Crippen molar-refractivity contribution >= 4 is 17.2 Å². The molecule has 0 aromatic carbocycles. The van der Waals surface area contributed by atoms with Gasteiger partial charge in [0, 0.05) is 55.9 Å². The molecule has 150 valence electrons. The van der Waals surface area contributed by atoms with E-state index >= 15 is 0 Å². The minimum Gasteiger partial charge on any atom is -0.342 e. The monoisotopic (exact) mass is 399 g/mol. The minimum absolute atomic E-state index is 0.171. The Morgan fingerprint density at radius 1 is 1.32 bits per heavy atom. The Balaban J connectivity index is 1.43. The third kappa shape index (κ3) is 3.18. The summed E-state index contributed by atoms with van der Waals surface area (Å²) in [4.78, 5) is 27.4. The van der Waals surface area contributed by atoms with Crippen molar-refractivity contribution in [2.45, 2.75) is 51.6 Å². The molecule has 0 unspecified atom stereocenters. The van der Waals surface area contributed by atoms with Gasteiger partial charge in [0.2, 0.25) is 5.91 Å². The SMILES string of the molecule is CC(C)n1cnc([C@H]2CN(Cc3nccs3)C[C@@]23CCN(CC2CC2)C3=O)c1. The maximum atomic E-state index is 13.6. The first-order valence-electron chi connectivity index (χ1n) is 10.5. The van der Waals surface area contributed by atoms with Gasteiger partial charge in [-0.15, -0.1) is 11.3 Å². The second-order valence-corrected chi connectivity index (χ2v) is 10.1. The Morgan fingerprint density at radius 3 is 2.86 bits per heavy atom. The number of carbonyl (C=O) groups is 1. The highest BCUT2D eigenvalue weighted by molar-refractivity contribution is 7.09. The quantitative estimate of drug-likeness (QED) is 0.749. The smallest absolute Gasteiger partial charge is 0.230 e. The molecule has 6 nitrogen and oxygen atoms in total. The molecule has 1 amide bonds. The van der Waals surface area contributed by atoms with Gasteiger partial charge in [-0.25, -0.2) is 9.97 Å². The van der Waals surface area contributed by atoms with Crippen molar-refractivity contribution < 1.29 is 4.79 Å². The van der Waals surface area contributed by atoms with Crippen LogP contribution in [-0.4, -0.2) is 56.4 Å². The number of nitrogens with zero attached hydrogens (tertiary/aromatic N) is 5. The molecule has 0 radical (unpaired) electrons. The molecule has 4 heterocycles. The van der Waals surface area contributed by atoms with Gasteiger partial charge in [-0.3, -0.25) is 9.69 Å². The summed E-state index contributed by atoms with van der Waals surface area (Å²) < 4.78 is 2.16. The molecule has 28 heavy (non-hydrogen) atoms. The van der Waals surface area contributed by atoms with Crippen LogP contribution in [-0.2, 0) is 11.3 Å². The van der Waals surface area contributed by atoms with E-state index in [2.05, 4.69) is 39.4 Å². The Hall–Kier alpha value is -1.73. The van der Waals surface area contributed by atoms with Gasteiger partial charge in [-0.2, -0.15) is 0 Å². The van der Waals surface area contributed by atoms with Gasteiger partial charge in [0.15, 0.2) is 0 Å². The summed E-state index contributed by atoms with van der Waals surface area (Å²) in [7, 11) is 0. The number of rotatable bonds is 6. The zero-order chi connectivity index (χ0) is 19.3. The van der Waals surface area contributed by atoms with Crippen molar-refractivity contribution in [3.8, 4) is 0 Å². The molecule has 1 saturated carbocycles. The molecule has 3 fully saturated rings. The normalized spacial score (nSPS) is 28.3. The van der Waals surface area contributed by atoms with Crippen LogP contribution in [0.1, 0.15) is 55.8 Å². The molecule has 2 aliphatic heterocycles. The first-order valence-corrected chi connectivity index (χ1v) is 11.4. The van der Waals surface area contributed by atoms with Gasteiger partial charge in [0.25, 0.3) is 0 Å². The molecule has 3 aliphatic rings. The minimum atomic E-state index is -0.317. The molecule has 0 bridgehead atoms. The molecule has 0 N–H and O–H groups in total. The summed E-state index contributed by atoms with van der Waals surface area (Å²) >= 11 is 1.70. The molecule has 7 heteroatoms. The van der Waals surface area contributed by atoms with Crippen molar-refractivity contribution in [2.24, 2.45) is 11.3 Å². The van der Waals surface area contributed by atoms with Crippen LogP contribution in [0.5, 0.6) is 0 Å². The number of likely N-dealkylation sites (tertiary alicyclic amines) is 2. The van der Waals surface area contributed by atoms with Gasteiger partial charge in [0.05, 0.1) is 24.0 Å². The van der Waals surface area contributed by atoms with Crippen LogP contribution in [0.15, 0.2) is 24.1 Å². The van der Waals surface area contributed by atoms with Crippen LogP contribution in [0.25, 0.3) is 0 Å². The summed E-state index contributed by atoms with van der Waals surface area (Å²) in [6, 6.07) is 0.385. The van der Waals surface area contributed by atoms with Crippen LogP contribution in [0.4, 0.5) is 0 Å². The van der Waals surface area contributed by atoms with Crippen molar-refractivity contribution in [3.63, 3.8) is 0 Å². The number of amides is 1. The van der Waals surface area contributed by atoms with Crippen molar-refractivity contribution in [1.82, 2.24) is 24.3 Å². The summed E-state index contributed by atoms with van der Waals surface area (Å²) in [6.07, 6.45) is 9.49. The maximum Gasteiger partial charge on any atom is 0.230 e. The van der Waals surface area contributed by atoms with E-state index in [-0.39, 0.29) is 11.3 Å². The molecule has 1 aliphatic carbocycles. The fourth-order valence-corrected chi connectivity index (χ4v) is 5.61. The number of hydrogen-bond donors (Lipinski definition) is 0. The zero-order valence-corrected chi connectivity index (χ0v) is 17.6. The Morgan fingerprint density at radius 2 is 2.18 bits per heavy atom. The first-order chi connectivity index (χ1) is 13.5. The third-order valence-corrected chi connectivity index (χ3v) is 7.51. The van der Waals surface area contributed by atoms with Crippen molar-refractivity contribution in [3.05, 3.63) is 34.8 Å². The van der Waals surface area contributed by atoms with E-state index in [0.717, 1.165) is 55.8 Å². The standard InChI is InChI=1S/C21H29N5OS/c1-15(2)26-11-18(23-14-26)17-10-24(12-19-22-6-8-28-19)13-21(17)5-7-25(20(21)27)9-16-3-4-16/h6,8,11,14-17H,3-5,7,9-10,12-13H2,1-2H3/t17-,21+/m1/s1. The predicted octanol–water partition coefficient (Wildman–Crippen LogP) is 3.15. The zero-order valence-electron chi connectivity index (χ0n) is 16.8. The van der Waals surface area contributed by atoms with E-state index in [1.54, 1.807) is 11.3 Å². The molecule has 5 rings (SSSR count). The number of carbonyl (C=O) groups excluding carboxylic acids is 1. The highest BCUT2D eigenvalue weighted by Crippen LogP contribution is 2.50. The average Bonchev–Trinajstić information content (AvgIpc) is 3.09. The van der Waals surface area contributed by atoms with Gasteiger partial charge in [0.1, 0.15) is 5.01 Å². The van der Waals surface area contributed by atoms with Crippen molar-refractivity contribution in [2.75, 3.05) is 26.2 Å². The fraction of sp³-hybridized carbons (Fsp3) is 0.667. The van der Waals surface area contributed by atoms with E-state index in [0.29, 0.717) is 11.9 Å². The lowest BCUT2D eigenvalue weighted by molar-refractivity contribution is -0.136. The van der Waals surface area contributed by atoms with Gasteiger partial charge >= 0.3 is 0 Å². The molecule has 2 saturated heterocycles. The van der Waals surface area contributed by atoms with E-state index in [1.165, 1.54) is 12.8 Å². The molecular formula is C21H29N5OS. The molecular weight excluding hydrogens is 370 g/mol. The Bertz CT molecular complexity index is 843. The van der Waals surface area contributed by atoms with Gasteiger partial charge in [-0.05, 0) is 39.0 Å². The fourth-order valence-electron chi connectivity index (χ4n) is 4.96. The van der Waals surface area contributed by atoms with Crippen molar-refractivity contribution in [1.29, 1.82) is 0 Å². The van der Waals surface area contributed by atoms with Crippen LogP contribution < -0.4 is 0 Å². The molecule has 2 aromatic rings. The van der Waals surface area contributed by atoms with E-state index in [9.17, 15) is 4.79 Å². The van der Waals surface area contributed by atoms with Crippen LogP contribution in [0.2, 0.25) is 0 Å². The lowest BCUT2D eigenvalue weighted by Gasteiger charge is -2.28. The van der Waals surface area contributed by atoms with Crippen LogP contribution in [0.3, 0.4) is 0 Å². The highest BCUT2D eigenvalue weighted by atomic mass is 32.1. The van der Waals surface area contributed by atoms with Crippen LogP contribution >= 0.6 is 11.3 Å². The number of imidazole rings is 1. The Kier molecular flexibility index (Phi) is 4.55. The molecule has 2 aromatic heterocycles. The average molecular weight is 400 g/mol. The highest BCUT2D eigenvalue weighted by Gasteiger charge is 2.58. The summed E-state index contributed by atoms with van der Waals surface area (Å²) in [5, 5.41) is 3.16. The first kappa shape index (κ1) is 18.3.